The van der Waals surface area contributed by atoms with Gasteiger partial charge in [-0.3, -0.25) is 9.69 Å². The highest BCUT2D eigenvalue weighted by molar-refractivity contribution is 6.42. The minimum absolute atomic E-state index is 0.0413. The summed E-state index contributed by atoms with van der Waals surface area (Å²) in [6, 6.07) is 5.99. The largest absolute Gasteiger partial charge is 0.375 e. The molecule has 116 valence electrons. The number of methoxy groups -OCH3 is 1. The van der Waals surface area contributed by atoms with Crippen LogP contribution in [0.2, 0.25) is 10.0 Å². The van der Waals surface area contributed by atoms with Crippen molar-refractivity contribution in [1.82, 2.24) is 10.2 Å². The van der Waals surface area contributed by atoms with Crippen LogP contribution >= 0.6 is 23.2 Å². The number of halogens is 2. The quantitative estimate of drug-likeness (QED) is 0.902. The van der Waals surface area contributed by atoms with Crippen LogP contribution in [0.1, 0.15) is 18.4 Å². The van der Waals surface area contributed by atoms with Crippen molar-refractivity contribution in [3.63, 3.8) is 0 Å². The number of nitrogens with one attached hydrogen (secondary N) is 1. The van der Waals surface area contributed by atoms with E-state index in [9.17, 15) is 4.79 Å². The Labute approximate surface area is 135 Å². The van der Waals surface area contributed by atoms with E-state index in [0.717, 1.165) is 38.0 Å². The number of hydrogen-bond donors (Lipinski definition) is 1. The third-order valence-corrected chi connectivity index (χ3v) is 4.36. The zero-order valence-corrected chi connectivity index (χ0v) is 13.6. The van der Waals surface area contributed by atoms with E-state index in [0.29, 0.717) is 10.0 Å². The molecule has 0 aromatic heterocycles. The fourth-order valence-corrected chi connectivity index (χ4v) is 2.85. The van der Waals surface area contributed by atoms with Gasteiger partial charge in [0.15, 0.2) is 0 Å². The van der Waals surface area contributed by atoms with Gasteiger partial charge in [-0.25, -0.2) is 0 Å². The van der Waals surface area contributed by atoms with Crippen LogP contribution in [0, 0.1) is 0 Å². The van der Waals surface area contributed by atoms with Crippen LogP contribution in [-0.2, 0) is 16.1 Å². The fraction of sp³-hybridized carbons (Fsp3) is 0.533. The molecular formula is C15H20Cl2N2O2. The number of carbonyl (C=O) groups is 1. The van der Waals surface area contributed by atoms with Gasteiger partial charge >= 0.3 is 0 Å². The number of likely N-dealkylation sites (tertiary alicyclic amines) is 1. The predicted octanol–water partition coefficient (Wildman–Crippen LogP) is 2.72. The van der Waals surface area contributed by atoms with E-state index < -0.39 is 0 Å². The van der Waals surface area contributed by atoms with Crippen LogP contribution in [0.4, 0.5) is 0 Å². The summed E-state index contributed by atoms with van der Waals surface area (Å²) in [6.07, 6.45) is 1.91. The molecular weight excluding hydrogens is 311 g/mol. The molecule has 1 fully saturated rings. The minimum Gasteiger partial charge on any atom is -0.375 e. The number of amides is 1. The van der Waals surface area contributed by atoms with Gasteiger partial charge in [-0.2, -0.15) is 0 Å². The average Bonchev–Trinajstić information content (AvgIpc) is 2.45. The number of nitrogens with zero attached hydrogens (tertiary/aromatic N) is 1. The average molecular weight is 331 g/mol. The normalized spacial score (nSPS) is 16.9. The molecule has 0 saturated carbocycles. The summed E-state index contributed by atoms with van der Waals surface area (Å²) < 4.78 is 4.82. The molecule has 4 nitrogen and oxygen atoms in total. The van der Waals surface area contributed by atoms with Crippen molar-refractivity contribution in [1.29, 1.82) is 0 Å². The Hall–Kier alpha value is -0.810. The van der Waals surface area contributed by atoms with Gasteiger partial charge in [0.2, 0.25) is 5.91 Å². The summed E-state index contributed by atoms with van der Waals surface area (Å²) in [5, 5.41) is 4.17. The van der Waals surface area contributed by atoms with E-state index in [1.807, 2.05) is 18.2 Å². The molecule has 2 rings (SSSR count). The van der Waals surface area contributed by atoms with Crippen molar-refractivity contribution in [2.75, 3.05) is 26.8 Å². The van der Waals surface area contributed by atoms with Gasteiger partial charge in [0.25, 0.3) is 0 Å². The Bertz CT molecular complexity index is 489. The third-order valence-electron chi connectivity index (χ3n) is 3.62. The maximum absolute atomic E-state index is 11.5. The Morgan fingerprint density at radius 3 is 2.67 bits per heavy atom. The van der Waals surface area contributed by atoms with Crippen molar-refractivity contribution in [3.8, 4) is 0 Å². The number of carbonyl (C=O) groups excluding carboxylic acids is 1. The molecule has 1 aliphatic heterocycles. The van der Waals surface area contributed by atoms with Gasteiger partial charge in [-0.1, -0.05) is 29.3 Å². The summed E-state index contributed by atoms with van der Waals surface area (Å²) in [5.74, 6) is -0.0413. The smallest absolute Gasteiger partial charge is 0.246 e. The highest BCUT2D eigenvalue weighted by Crippen LogP contribution is 2.24. The van der Waals surface area contributed by atoms with Gasteiger partial charge in [-0.05, 0) is 30.5 Å². The highest BCUT2D eigenvalue weighted by atomic mass is 35.5. The summed E-state index contributed by atoms with van der Waals surface area (Å²) in [7, 11) is 1.53. The monoisotopic (exact) mass is 330 g/mol. The molecule has 21 heavy (non-hydrogen) atoms. The highest BCUT2D eigenvalue weighted by Gasteiger charge is 2.20. The predicted molar refractivity (Wildman–Crippen MR) is 84.8 cm³/mol. The SMILES string of the molecule is COCC(=O)NC1CCN(Cc2ccc(Cl)c(Cl)c2)CC1. The minimum atomic E-state index is -0.0413. The topological polar surface area (TPSA) is 41.6 Å². The second-order valence-corrected chi connectivity index (χ2v) is 6.11. The van der Waals surface area contributed by atoms with Crippen molar-refractivity contribution < 1.29 is 9.53 Å². The zero-order chi connectivity index (χ0) is 15.2. The lowest BCUT2D eigenvalue weighted by atomic mass is 10.0. The molecule has 6 heteroatoms. The molecule has 1 amide bonds. The van der Waals surface area contributed by atoms with E-state index in [1.165, 1.54) is 7.11 Å². The van der Waals surface area contributed by atoms with Gasteiger partial charge in [0, 0.05) is 32.8 Å². The third kappa shape index (κ3) is 5.15. The molecule has 0 atom stereocenters. The Balaban J connectivity index is 1.78. The van der Waals surface area contributed by atoms with Gasteiger partial charge in [-0.15, -0.1) is 0 Å². The van der Waals surface area contributed by atoms with Gasteiger partial charge < -0.3 is 10.1 Å². The van der Waals surface area contributed by atoms with Crippen molar-refractivity contribution in [2.24, 2.45) is 0 Å². The summed E-state index contributed by atoms with van der Waals surface area (Å²) >= 11 is 12.0. The van der Waals surface area contributed by atoms with Crippen LogP contribution in [0.15, 0.2) is 18.2 Å². The lowest BCUT2D eigenvalue weighted by molar-refractivity contribution is -0.125. The molecule has 0 radical (unpaired) electrons. The number of piperidine rings is 1. The van der Waals surface area contributed by atoms with Gasteiger partial charge in [0.1, 0.15) is 6.61 Å². The van der Waals surface area contributed by atoms with Crippen molar-refractivity contribution in [2.45, 2.75) is 25.4 Å². The maximum Gasteiger partial charge on any atom is 0.246 e. The van der Waals surface area contributed by atoms with Crippen molar-refractivity contribution in [3.05, 3.63) is 33.8 Å². The summed E-state index contributed by atoms with van der Waals surface area (Å²) in [6.45, 7) is 2.90. The molecule has 0 bridgehead atoms. The number of benzene rings is 1. The van der Waals surface area contributed by atoms with Crippen LogP contribution in [0.3, 0.4) is 0 Å². The first kappa shape index (κ1) is 16.6. The van der Waals surface area contributed by atoms with Crippen molar-refractivity contribution >= 4 is 29.1 Å². The van der Waals surface area contributed by atoms with Crippen LogP contribution in [-0.4, -0.2) is 43.7 Å². The molecule has 0 spiro atoms. The fourth-order valence-electron chi connectivity index (χ4n) is 2.53. The summed E-state index contributed by atoms with van der Waals surface area (Å²) in [5.41, 5.74) is 1.16. The Kier molecular flexibility index (Phi) is 6.30. The second-order valence-electron chi connectivity index (χ2n) is 5.30. The lowest BCUT2D eigenvalue weighted by Crippen LogP contribution is -2.45. The second kappa shape index (κ2) is 7.99. The first-order valence-electron chi connectivity index (χ1n) is 7.03. The standard InChI is InChI=1S/C15H20Cl2N2O2/c1-21-10-15(20)18-12-4-6-19(7-5-12)9-11-2-3-13(16)14(17)8-11/h2-3,8,12H,4-7,9-10H2,1H3,(H,18,20). The molecule has 1 aromatic rings. The Morgan fingerprint density at radius 2 is 2.05 bits per heavy atom. The number of rotatable bonds is 5. The molecule has 1 heterocycles. The summed E-state index contributed by atoms with van der Waals surface area (Å²) in [4.78, 5) is 13.8. The van der Waals surface area contributed by atoms with E-state index >= 15 is 0 Å². The van der Waals surface area contributed by atoms with E-state index in [2.05, 4.69) is 10.2 Å². The van der Waals surface area contributed by atoms with Gasteiger partial charge in [0.05, 0.1) is 10.0 Å². The molecule has 1 N–H and O–H groups in total. The number of hydrogen-bond acceptors (Lipinski definition) is 3. The molecule has 1 aliphatic rings. The van der Waals surface area contributed by atoms with E-state index in [-0.39, 0.29) is 18.6 Å². The first-order chi connectivity index (χ1) is 10.1. The maximum atomic E-state index is 11.5. The lowest BCUT2D eigenvalue weighted by Gasteiger charge is -2.32. The number of ether oxygens (including phenoxy) is 1. The van der Waals surface area contributed by atoms with Crippen LogP contribution in [0.5, 0.6) is 0 Å². The first-order valence-corrected chi connectivity index (χ1v) is 7.78. The van der Waals surface area contributed by atoms with Crippen LogP contribution < -0.4 is 5.32 Å². The van der Waals surface area contributed by atoms with Crippen LogP contribution in [0.25, 0.3) is 0 Å². The molecule has 0 unspecified atom stereocenters. The molecule has 1 saturated heterocycles. The van der Waals surface area contributed by atoms with E-state index in [1.54, 1.807) is 0 Å². The molecule has 1 aromatic carbocycles. The Morgan fingerprint density at radius 1 is 1.33 bits per heavy atom. The van der Waals surface area contributed by atoms with E-state index in [4.69, 9.17) is 27.9 Å². The zero-order valence-electron chi connectivity index (χ0n) is 12.1. The molecule has 0 aliphatic carbocycles.